The van der Waals surface area contributed by atoms with Gasteiger partial charge in [-0.3, -0.25) is 9.59 Å². The lowest BCUT2D eigenvalue weighted by Crippen LogP contribution is -2.36. The van der Waals surface area contributed by atoms with Gasteiger partial charge in [-0.05, 0) is 20.3 Å². The van der Waals surface area contributed by atoms with E-state index in [9.17, 15) is 9.59 Å². The van der Waals surface area contributed by atoms with Crippen LogP contribution < -0.4 is 5.32 Å². The molecule has 1 aliphatic rings. The minimum absolute atomic E-state index is 0.114. The van der Waals surface area contributed by atoms with Crippen LogP contribution in [0, 0.1) is 0 Å². The normalized spacial score (nSPS) is 14.0. The first-order chi connectivity index (χ1) is 11.5. The number of methoxy groups -OCH3 is 2. The van der Waals surface area contributed by atoms with Gasteiger partial charge in [-0.1, -0.05) is 35.9 Å². The van der Waals surface area contributed by atoms with Crippen molar-refractivity contribution in [3.8, 4) is 0 Å². The van der Waals surface area contributed by atoms with E-state index >= 15 is 0 Å². The summed E-state index contributed by atoms with van der Waals surface area (Å²) >= 11 is 0. The van der Waals surface area contributed by atoms with E-state index in [4.69, 9.17) is 9.47 Å². The number of carbonyl (C=O) groups is 2. The van der Waals surface area contributed by atoms with Crippen molar-refractivity contribution in [1.29, 1.82) is 0 Å². The van der Waals surface area contributed by atoms with Gasteiger partial charge in [-0.15, -0.1) is 0 Å². The molecular weight excluding hydrogens is 306 g/mol. The monoisotopic (exact) mass is 329 g/mol. The van der Waals surface area contributed by atoms with E-state index in [-0.39, 0.29) is 18.1 Å². The van der Waals surface area contributed by atoms with Crippen LogP contribution in [0.15, 0.2) is 47.2 Å². The summed E-state index contributed by atoms with van der Waals surface area (Å²) in [7, 11) is 3.05. The third kappa shape index (κ3) is 3.80. The van der Waals surface area contributed by atoms with Crippen LogP contribution in [0.2, 0.25) is 0 Å². The molecule has 2 rings (SSSR count). The molecule has 24 heavy (non-hydrogen) atoms. The molecule has 1 aliphatic carbocycles. The quantitative estimate of drug-likeness (QED) is 0.615. The summed E-state index contributed by atoms with van der Waals surface area (Å²) < 4.78 is 10.3. The zero-order valence-corrected chi connectivity index (χ0v) is 14.5. The summed E-state index contributed by atoms with van der Waals surface area (Å²) in [5.74, 6) is -0.287. The Bertz CT molecular complexity index is 695. The molecule has 0 saturated heterocycles. The number of ether oxygens (including phenoxy) is 2. The van der Waals surface area contributed by atoms with Crippen molar-refractivity contribution in [2.45, 2.75) is 26.6 Å². The van der Waals surface area contributed by atoms with Crippen molar-refractivity contribution in [2.24, 2.45) is 0 Å². The van der Waals surface area contributed by atoms with Crippen molar-refractivity contribution in [3.63, 3.8) is 0 Å². The standard InChI is InChI=1S/C19H23NO4/c1-12(2)9-10-15-17(20-11-16(23-3)24-4)19(22)14-8-6-5-7-13(14)18(15)21/h5-9,16,20H,10-11H2,1-4H3. The van der Waals surface area contributed by atoms with Gasteiger partial charge in [0.05, 0.1) is 12.2 Å². The van der Waals surface area contributed by atoms with Gasteiger partial charge in [-0.25, -0.2) is 0 Å². The van der Waals surface area contributed by atoms with E-state index in [2.05, 4.69) is 5.32 Å². The number of nitrogens with one attached hydrogen (secondary N) is 1. The number of carbonyl (C=O) groups excluding carboxylic acids is 2. The lowest BCUT2D eigenvalue weighted by molar-refractivity contribution is -0.0975. The molecule has 0 spiro atoms. The number of hydrogen-bond donors (Lipinski definition) is 1. The smallest absolute Gasteiger partial charge is 0.210 e. The third-order valence-corrected chi connectivity index (χ3v) is 3.90. The average Bonchev–Trinajstić information content (AvgIpc) is 2.58. The first kappa shape index (κ1) is 18.1. The highest BCUT2D eigenvalue weighted by Crippen LogP contribution is 2.27. The Hall–Kier alpha value is -2.24. The minimum Gasteiger partial charge on any atom is -0.376 e. The molecule has 1 N–H and O–H groups in total. The molecule has 0 aliphatic heterocycles. The molecule has 0 unspecified atom stereocenters. The second kappa shape index (κ2) is 8.04. The van der Waals surface area contributed by atoms with Crippen LogP contribution in [0.3, 0.4) is 0 Å². The first-order valence-electron chi connectivity index (χ1n) is 7.84. The predicted molar refractivity (Wildman–Crippen MR) is 92.0 cm³/mol. The van der Waals surface area contributed by atoms with Crippen LogP contribution in [0.5, 0.6) is 0 Å². The minimum atomic E-state index is -0.498. The lowest BCUT2D eigenvalue weighted by Gasteiger charge is -2.23. The Morgan fingerprint density at radius 2 is 1.67 bits per heavy atom. The third-order valence-electron chi connectivity index (χ3n) is 3.90. The largest absolute Gasteiger partial charge is 0.376 e. The van der Waals surface area contributed by atoms with E-state index in [1.165, 1.54) is 14.2 Å². The van der Waals surface area contributed by atoms with Gasteiger partial charge in [0.2, 0.25) is 5.78 Å². The summed E-state index contributed by atoms with van der Waals surface area (Å²) in [6.45, 7) is 4.20. The van der Waals surface area contributed by atoms with Gasteiger partial charge in [0, 0.05) is 30.9 Å². The molecule has 0 radical (unpaired) electrons. The number of ketones is 2. The van der Waals surface area contributed by atoms with Crippen molar-refractivity contribution in [1.82, 2.24) is 5.32 Å². The van der Waals surface area contributed by atoms with Gasteiger partial charge < -0.3 is 14.8 Å². The number of fused-ring (bicyclic) bond motifs is 1. The van der Waals surface area contributed by atoms with Crippen LogP contribution in [0.25, 0.3) is 0 Å². The summed E-state index contributed by atoms with van der Waals surface area (Å²) in [6, 6.07) is 6.91. The maximum absolute atomic E-state index is 12.8. The van der Waals surface area contributed by atoms with Gasteiger partial charge in [-0.2, -0.15) is 0 Å². The summed E-state index contributed by atoms with van der Waals surface area (Å²) in [5, 5.41) is 3.05. The SMILES string of the molecule is COC(CNC1=C(CC=C(C)C)C(=O)c2ccccc2C1=O)OC. The van der Waals surface area contributed by atoms with Crippen molar-refractivity contribution < 1.29 is 19.1 Å². The Morgan fingerprint density at radius 3 is 2.21 bits per heavy atom. The Kier molecular flexibility index (Phi) is 6.06. The molecule has 0 atom stereocenters. The van der Waals surface area contributed by atoms with Crippen molar-refractivity contribution in [3.05, 3.63) is 58.3 Å². The maximum Gasteiger partial charge on any atom is 0.210 e. The van der Waals surface area contributed by atoms with Crippen molar-refractivity contribution in [2.75, 3.05) is 20.8 Å². The molecule has 0 amide bonds. The molecule has 5 nitrogen and oxygen atoms in total. The van der Waals surface area contributed by atoms with Crippen LogP contribution in [-0.4, -0.2) is 38.6 Å². The zero-order chi connectivity index (χ0) is 17.7. The molecular formula is C19H23NO4. The lowest BCUT2D eigenvalue weighted by atomic mass is 9.85. The van der Waals surface area contributed by atoms with E-state index in [1.807, 2.05) is 19.9 Å². The highest BCUT2D eigenvalue weighted by molar-refractivity contribution is 6.26. The van der Waals surface area contributed by atoms with E-state index in [0.717, 1.165) is 5.57 Å². The molecule has 1 aromatic carbocycles. The molecule has 0 aromatic heterocycles. The van der Waals surface area contributed by atoms with Crippen LogP contribution in [-0.2, 0) is 9.47 Å². The van der Waals surface area contributed by atoms with Gasteiger partial charge in [0.1, 0.15) is 0 Å². The van der Waals surface area contributed by atoms with Crippen molar-refractivity contribution >= 4 is 11.6 Å². The van der Waals surface area contributed by atoms with E-state index < -0.39 is 6.29 Å². The number of hydrogen-bond acceptors (Lipinski definition) is 5. The Balaban J connectivity index is 2.41. The summed E-state index contributed by atoms with van der Waals surface area (Å²) in [6.07, 6.45) is 1.86. The Labute approximate surface area is 142 Å². The predicted octanol–water partition coefficient (Wildman–Crippen LogP) is 2.88. The highest BCUT2D eigenvalue weighted by atomic mass is 16.7. The molecule has 0 bridgehead atoms. The first-order valence-corrected chi connectivity index (χ1v) is 7.84. The zero-order valence-electron chi connectivity index (χ0n) is 14.5. The summed E-state index contributed by atoms with van der Waals surface area (Å²) in [5.41, 5.74) is 2.78. The molecule has 0 saturated carbocycles. The van der Waals surface area contributed by atoms with E-state index in [0.29, 0.717) is 28.8 Å². The fraction of sp³-hybridized carbons (Fsp3) is 0.368. The average molecular weight is 329 g/mol. The molecule has 5 heteroatoms. The summed E-state index contributed by atoms with van der Waals surface area (Å²) in [4.78, 5) is 25.7. The fourth-order valence-corrected chi connectivity index (χ4v) is 2.56. The topological polar surface area (TPSA) is 64.6 Å². The number of Topliss-reactive ketones (excluding diaryl/α,β-unsaturated/α-hetero) is 2. The molecule has 0 heterocycles. The Morgan fingerprint density at radius 1 is 1.08 bits per heavy atom. The molecule has 128 valence electrons. The second-order valence-corrected chi connectivity index (χ2v) is 5.82. The highest BCUT2D eigenvalue weighted by Gasteiger charge is 2.31. The van der Waals surface area contributed by atoms with Crippen LogP contribution in [0.1, 0.15) is 41.0 Å². The maximum atomic E-state index is 12.8. The second-order valence-electron chi connectivity index (χ2n) is 5.82. The number of allylic oxidation sites excluding steroid dienone is 4. The molecule has 1 aromatic rings. The number of rotatable bonds is 7. The van der Waals surface area contributed by atoms with Crippen LogP contribution >= 0.6 is 0 Å². The van der Waals surface area contributed by atoms with Crippen LogP contribution in [0.4, 0.5) is 0 Å². The number of benzene rings is 1. The van der Waals surface area contributed by atoms with E-state index in [1.54, 1.807) is 24.3 Å². The molecule has 0 fully saturated rings. The van der Waals surface area contributed by atoms with Gasteiger partial charge >= 0.3 is 0 Å². The fourth-order valence-electron chi connectivity index (χ4n) is 2.56. The van der Waals surface area contributed by atoms with Gasteiger partial charge in [0.15, 0.2) is 12.1 Å². The van der Waals surface area contributed by atoms with Gasteiger partial charge in [0.25, 0.3) is 0 Å².